The molecule has 5 nitrogen and oxygen atoms in total. The van der Waals surface area contributed by atoms with Gasteiger partial charge in [-0.05, 0) is 60.7 Å². The summed E-state index contributed by atoms with van der Waals surface area (Å²) in [4.78, 5) is 6.47. The van der Waals surface area contributed by atoms with Crippen LogP contribution in [0.2, 0.25) is 0 Å². The van der Waals surface area contributed by atoms with Crippen molar-refractivity contribution in [1.29, 1.82) is 0 Å². The number of nitrogens with zero attached hydrogens (tertiary/aromatic N) is 2. The molecule has 0 amide bonds. The number of pyridine rings is 1. The van der Waals surface area contributed by atoms with Crippen LogP contribution in [-0.2, 0) is 18.0 Å². The summed E-state index contributed by atoms with van der Waals surface area (Å²) in [6.45, 7) is 3.45. The molecule has 4 rings (SSSR count). The largest absolute Gasteiger partial charge is 0.489 e. The smallest absolute Gasteiger partial charge is 0.131 e. The Kier molecular flexibility index (Phi) is 5.74. The maximum Gasteiger partial charge on any atom is 0.131 e. The predicted octanol–water partition coefficient (Wildman–Crippen LogP) is 4.01. The molecule has 0 unspecified atom stereocenters. The number of likely N-dealkylation sites (tertiary alicyclic amines) is 1. The molecule has 0 aliphatic carbocycles. The molecule has 0 spiro atoms. The van der Waals surface area contributed by atoms with E-state index < -0.39 is 0 Å². The molecule has 0 radical (unpaired) electrons. The number of fused-ring (bicyclic) bond motifs is 1. The Morgan fingerprint density at radius 1 is 1.00 bits per heavy atom. The third-order valence-corrected chi connectivity index (χ3v) is 5.35. The molecule has 1 aliphatic rings. The van der Waals surface area contributed by atoms with E-state index >= 15 is 0 Å². The van der Waals surface area contributed by atoms with Crippen molar-refractivity contribution < 1.29 is 9.47 Å². The number of piperidine rings is 1. The Labute approximate surface area is 166 Å². The van der Waals surface area contributed by atoms with Crippen LogP contribution in [0, 0.1) is 0 Å². The highest BCUT2D eigenvalue weighted by molar-refractivity contribution is 5.91. The van der Waals surface area contributed by atoms with Crippen LogP contribution in [0.15, 0.2) is 54.7 Å². The van der Waals surface area contributed by atoms with Crippen LogP contribution in [0.1, 0.15) is 24.0 Å². The average molecular weight is 377 g/mol. The van der Waals surface area contributed by atoms with Crippen molar-refractivity contribution in [3.05, 3.63) is 65.9 Å². The molecule has 1 aromatic heterocycles. The van der Waals surface area contributed by atoms with Crippen molar-refractivity contribution in [2.75, 3.05) is 25.9 Å². The summed E-state index contributed by atoms with van der Waals surface area (Å²) in [5.74, 6) is 1.37. The van der Waals surface area contributed by atoms with Crippen LogP contribution < -0.4 is 10.5 Å². The number of rotatable bonds is 6. The van der Waals surface area contributed by atoms with E-state index in [0.717, 1.165) is 48.0 Å². The number of nitrogens with two attached hydrogens (primary N) is 1. The molecule has 2 N–H and O–H groups in total. The van der Waals surface area contributed by atoms with Gasteiger partial charge in [-0.25, -0.2) is 4.98 Å². The molecule has 5 heteroatoms. The van der Waals surface area contributed by atoms with Gasteiger partial charge in [0.05, 0.1) is 12.7 Å². The van der Waals surface area contributed by atoms with E-state index in [2.05, 4.69) is 41.2 Å². The summed E-state index contributed by atoms with van der Waals surface area (Å²) < 4.78 is 12.0. The SMILES string of the molecule is CN1CCC(OCc2ccc(COc3ccc4c(N)nccc4c3)cc2)CC1. The van der Waals surface area contributed by atoms with E-state index in [1.54, 1.807) is 6.20 Å². The molecule has 28 heavy (non-hydrogen) atoms. The molecule has 146 valence electrons. The molecule has 0 atom stereocenters. The monoisotopic (exact) mass is 377 g/mol. The number of benzene rings is 2. The summed E-state index contributed by atoms with van der Waals surface area (Å²) in [6, 6.07) is 16.3. The lowest BCUT2D eigenvalue weighted by Gasteiger charge is -2.28. The first-order valence-electron chi connectivity index (χ1n) is 9.82. The molecule has 0 bridgehead atoms. The van der Waals surface area contributed by atoms with E-state index in [1.165, 1.54) is 5.56 Å². The molecule has 3 aromatic rings. The van der Waals surface area contributed by atoms with Crippen LogP contribution in [0.25, 0.3) is 10.8 Å². The van der Waals surface area contributed by atoms with Crippen LogP contribution >= 0.6 is 0 Å². The van der Waals surface area contributed by atoms with Crippen molar-refractivity contribution in [3.63, 3.8) is 0 Å². The standard InChI is InChI=1S/C23H27N3O2/c1-26-12-9-20(10-13-26)27-15-17-2-4-18(5-3-17)16-28-21-6-7-22-19(14-21)8-11-25-23(22)24/h2-8,11,14,20H,9-10,12-13,15-16H2,1H3,(H2,24,25). The van der Waals surface area contributed by atoms with Crippen LogP contribution in [-0.4, -0.2) is 36.1 Å². The summed E-state index contributed by atoms with van der Waals surface area (Å²) in [6.07, 6.45) is 4.34. The highest BCUT2D eigenvalue weighted by Crippen LogP contribution is 2.24. The second-order valence-electron chi connectivity index (χ2n) is 7.50. The second-order valence-corrected chi connectivity index (χ2v) is 7.50. The second kappa shape index (κ2) is 8.59. The van der Waals surface area contributed by atoms with Gasteiger partial charge >= 0.3 is 0 Å². The molecule has 1 fully saturated rings. The van der Waals surface area contributed by atoms with Gasteiger partial charge in [0, 0.05) is 24.7 Å². The number of ether oxygens (including phenoxy) is 2. The van der Waals surface area contributed by atoms with Crippen molar-refractivity contribution in [1.82, 2.24) is 9.88 Å². The van der Waals surface area contributed by atoms with E-state index in [4.69, 9.17) is 15.2 Å². The van der Waals surface area contributed by atoms with Gasteiger partial charge in [0.2, 0.25) is 0 Å². The van der Waals surface area contributed by atoms with E-state index in [-0.39, 0.29) is 0 Å². The number of anilines is 1. The van der Waals surface area contributed by atoms with E-state index in [9.17, 15) is 0 Å². The third-order valence-electron chi connectivity index (χ3n) is 5.35. The van der Waals surface area contributed by atoms with E-state index in [1.807, 2.05) is 24.3 Å². The summed E-state index contributed by atoms with van der Waals surface area (Å²) in [5.41, 5.74) is 8.24. The fourth-order valence-electron chi connectivity index (χ4n) is 3.53. The summed E-state index contributed by atoms with van der Waals surface area (Å²) in [7, 11) is 2.17. The van der Waals surface area contributed by atoms with Crippen molar-refractivity contribution in [3.8, 4) is 5.75 Å². The number of nitrogen functional groups attached to an aromatic ring is 1. The normalized spacial score (nSPS) is 15.8. The molecule has 2 aromatic carbocycles. The Morgan fingerprint density at radius 2 is 1.71 bits per heavy atom. The fraction of sp³-hybridized carbons (Fsp3) is 0.348. The minimum atomic E-state index is 0.386. The quantitative estimate of drug-likeness (QED) is 0.703. The highest BCUT2D eigenvalue weighted by atomic mass is 16.5. The fourth-order valence-corrected chi connectivity index (χ4v) is 3.53. The summed E-state index contributed by atoms with van der Waals surface area (Å²) >= 11 is 0. The molecule has 2 heterocycles. The third kappa shape index (κ3) is 4.61. The van der Waals surface area contributed by atoms with Gasteiger partial charge in [0.15, 0.2) is 0 Å². The number of hydrogen-bond acceptors (Lipinski definition) is 5. The lowest BCUT2D eigenvalue weighted by Crippen LogP contribution is -2.34. The topological polar surface area (TPSA) is 60.6 Å². The van der Waals surface area contributed by atoms with Crippen molar-refractivity contribution >= 4 is 16.6 Å². The number of hydrogen-bond donors (Lipinski definition) is 1. The minimum Gasteiger partial charge on any atom is -0.489 e. The Balaban J connectivity index is 1.30. The maximum atomic E-state index is 6.06. The van der Waals surface area contributed by atoms with Gasteiger partial charge in [0.25, 0.3) is 0 Å². The minimum absolute atomic E-state index is 0.386. The first-order valence-corrected chi connectivity index (χ1v) is 9.82. The van der Waals surface area contributed by atoms with Crippen LogP contribution in [0.3, 0.4) is 0 Å². The Morgan fingerprint density at radius 3 is 2.46 bits per heavy atom. The van der Waals surface area contributed by atoms with Gasteiger partial charge in [-0.1, -0.05) is 24.3 Å². The Bertz CT molecular complexity index is 919. The van der Waals surface area contributed by atoms with Gasteiger partial charge in [-0.3, -0.25) is 0 Å². The van der Waals surface area contributed by atoms with Gasteiger partial charge in [-0.15, -0.1) is 0 Å². The Hall–Kier alpha value is -2.63. The highest BCUT2D eigenvalue weighted by Gasteiger charge is 2.16. The molecule has 1 saturated heterocycles. The van der Waals surface area contributed by atoms with E-state index in [0.29, 0.717) is 25.1 Å². The van der Waals surface area contributed by atoms with Crippen LogP contribution in [0.4, 0.5) is 5.82 Å². The maximum absolute atomic E-state index is 6.06. The first-order chi connectivity index (χ1) is 13.7. The van der Waals surface area contributed by atoms with Gasteiger partial charge < -0.3 is 20.1 Å². The van der Waals surface area contributed by atoms with Crippen molar-refractivity contribution in [2.45, 2.75) is 32.2 Å². The van der Waals surface area contributed by atoms with Crippen LogP contribution in [0.5, 0.6) is 5.75 Å². The van der Waals surface area contributed by atoms with Gasteiger partial charge in [0.1, 0.15) is 18.2 Å². The lowest BCUT2D eigenvalue weighted by molar-refractivity contribution is 0.00213. The number of aromatic nitrogens is 1. The molecular weight excluding hydrogens is 350 g/mol. The lowest BCUT2D eigenvalue weighted by atomic mass is 10.1. The zero-order valence-electron chi connectivity index (χ0n) is 16.3. The van der Waals surface area contributed by atoms with Gasteiger partial charge in [-0.2, -0.15) is 0 Å². The van der Waals surface area contributed by atoms with Crippen molar-refractivity contribution in [2.24, 2.45) is 0 Å². The molecule has 1 aliphatic heterocycles. The zero-order chi connectivity index (χ0) is 19.3. The molecular formula is C23H27N3O2. The molecule has 0 saturated carbocycles. The predicted molar refractivity (Wildman–Crippen MR) is 112 cm³/mol. The zero-order valence-corrected chi connectivity index (χ0v) is 16.3. The first kappa shape index (κ1) is 18.7. The summed E-state index contributed by atoms with van der Waals surface area (Å²) in [5, 5.41) is 1.98. The average Bonchev–Trinajstić information content (AvgIpc) is 2.73.